The van der Waals surface area contributed by atoms with Gasteiger partial charge in [-0.15, -0.1) is 0 Å². The highest BCUT2D eigenvalue weighted by Crippen LogP contribution is 2.26. The molecule has 4 aromatic rings. The van der Waals surface area contributed by atoms with Gasteiger partial charge in [0.15, 0.2) is 11.2 Å². The van der Waals surface area contributed by atoms with Crippen LogP contribution < -0.4 is 21.5 Å². The number of nitrogens with zero attached hydrogens (tertiary/aromatic N) is 5. The Balaban J connectivity index is 1.58. The summed E-state index contributed by atoms with van der Waals surface area (Å²) in [5, 5.41) is 2.50. The number of benzene rings is 1. The van der Waals surface area contributed by atoms with E-state index in [2.05, 4.69) is 35.2 Å². The van der Waals surface area contributed by atoms with Crippen LogP contribution in [-0.4, -0.2) is 67.0 Å². The molecule has 14 nitrogen and oxygen atoms in total. The zero-order chi connectivity index (χ0) is 29.0. The SMILES string of the molecule is COC(=O)[C@H](Cc1cnc[nH]1)NC(=O)c1ccc(N(Cc2cnc3nc(N)[nH]c(=O)c3n2)C(=O)C(F)(F)F)cc1. The maximum Gasteiger partial charge on any atom is 0.471 e. The first kappa shape index (κ1) is 27.7. The van der Waals surface area contributed by atoms with Gasteiger partial charge in [-0.3, -0.25) is 24.3 Å². The van der Waals surface area contributed by atoms with Gasteiger partial charge in [0.25, 0.3) is 11.5 Å². The number of nitrogens with two attached hydrogens (primary N) is 1. The van der Waals surface area contributed by atoms with E-state index < -0.39 is 42.1 Å². The Hall–Kier alpha value is -5.35. The molecule has 0 aliphatic carbocycles. The van der Waals surface area contributed by atoms with Gasteiger partial charge in [0.2, 0.25) is 5.95 Å². The normalized spacial score (nSPS) is 12.1. The molecule has 0 aliphatic heterocycles. The summed E-state index contributed by atoms with van der Waals surface area (Å²) in [6.45, 7) is -0.717. The number of methoxy groups -OCH3 is 1. The molecule has 5 N–H and O–H groups in total. The lowest BCUT2D eigenvalue weighted by molar-refractivity contribution is -0.170. The maximum absolute atomic E-state index is 13.4. The third kappa shape index (κ3) is 6.20. The lowest BCUT2D eigenvalue weighted by Crippen LogP contribution is -2.43. The van der Waals surface area contributed by atoms with E-state index >= 15 is 0 Å². The molecule has 0 unspecified atom stereocenters. The number of aromatic nitrogens is 6. The predicted molar refractivity (Wildman–Crippen MR) is 132 cm³/mol. The molecule has 0 fully saturated rings. The van der Waals surface area contributed by atoms with Crippen molar-refractivity contribution in [1.29, 1.82) is 0 Å². The van der Waals surface area contributed by atoms with Crippen molar-refractivity contribution >= 4 is 40.6 Å². The van der Waals surface area contributed by atoms with Crippen LogP contribution >= 0.6 is 0 Å². The van der Waals surface area contributed by atoms with Crippen LogP contribution in [0.5, 0.6) is 0 Å². The van der Waals surface area contributed by atoms with E-state index in [-0.39, 0.29) is 40.5 Å². The number of carbonyl (C=O) groups is 3. The third-order valence-corrected chi connectivity index (χ3v) is 5.50. The maximum atomic E-state index is 13.4. The summed E-state index contributed by atoms with van der Waals surface area (Å²) in [6, 6.07) is 3.50. The molecule has 0 bridgehead atoms. The monoisotopic (exact) mass is 559 g/mol. The minimum atomic E-state index is -5.26. The molecule has 40 heavy (non-hydrogen) atoms. The van der Waals surface area contributed by atoms with E-state index in [4.69, 9.17) is 10.5 Å². The second-order valence-corrected chi connectivity index (χ2v) is 8.25. The van der Waals surface area contributed by atoms with Gasteiger partial charge >= 0.3 is 18.1 Å². The summed E-state index contributed by atoms with van der Waals surface area (Å²) >= 11 is 0. The predicted octanol–water partition coefficient (Wildman–Crippen LogP) is 0.628. The van der Waals surface area contributed by atoms with Gasteiger partial charge < -0.3 is 20.8 Å². The van der Waals surface area contributed by atoms with Gasteiger partial charge in [0, 0.05) is 29.6 Å². The van der Waals surface area contributed by atoms with Crippen molar-refractivity contribution < 1.29 is 32.3 Å². The van der Waals surface area contributed by atoms with Crippen molar-refractivity contribution in [3.8, 4) is 0 Å². The van der Waals surface area contributed by atoms with Crippen LogP contribution in [0, 0.1) is 0 Å². The summed E-state index contributed by atoms with van der Waals surface area (Å²) in [6.07, 6.45) is -1.30. The second kappa shape index (κ2) is 11.2. The van der Waals surface area contributed by atoms with Crippen molar-refractivity contribution in [2.75, 3.05) is 17.7 Å². The molecule has 1 atom stereocenters. The first-order valence-electron chi connectivity index (χ1n) is 11.3. The van der Waals surface area contributed by atoms with E-state index in [1.54, 1.807) is 0 Å². The van der Waals surface area contributed by atoms with Gasteiger partial charge in [0.1, 0.15) is 6.04 Å². The zero-order valence-corrected chi connectivity index (χ0v) is 20.5. The lowest BCUT2D eigenvalue weighted by Gasteiger charge is -2.24. The molecule has 2 amide bonds. The van der Waals surface area contributed by atoms with Crippen LogP contribution in [0.4, 0.5) is 24.8 Å². The minimum absolute atomic E-state index is 0.0117. The summed E-state index contributed by atoms with van der Waals surface area (Å²) in [7, 11) is 1.15. The number of hydrogen-bond acceptors (Lipinski definition) is 10. The average molecular weight is 559 g/mol. The number of esters is 1. The van der Waals surface area contributed by atoms with E-state index in [1.807, 2.05) is 0 Å². The summed E-state index contributed by atoms with van der Waals surface area (Å²) in [4.78, 5) is 70.2. The van der Waals surface area contributed by atoms with E-state index in [0.29, 0.717) is 10.6 Å². The van der Waals surface area contributed by atoms with Crippen LogP contribution in [-0.2, 0) is 27.3 Å². The molecule has 1 aromatic carbocycles. The number of anilines is 2. The zero-order valence-electron chi connectivity index (χ0n) is 20.5. The number of aromatic amines is 2. The fraction of sp³-hybridized carbons (Fsp3) is 0.217. The van der Waals surface area contributed by atoms with Crippen molar-refractivity contribution in [3.63, 3.8) is 0 Å². The first-order chi connectivity index (χ1) is 19.0. The molecule has 4 rings (SSSR count). The van der Waals surface area contributed by atoms with Crippen LogP contribution in [0.15, 0.2) is 47.8 Å². The highest BCUT2D eigenvalue weighted by molar-refractivity contribution is 5.99. The smallest absolute Gasteiger partial charge is 0.467 e. The summed E-state index contributed by atoms with van der Waals surface area (Å²) < 4.78 is 45.1. The number of carbonyl (C=O) groups excluding carboxylic acids is 3. The molecule has 0 saturated heterocycles. The number of nitrogens with one attached hydrogen (secondary N) is 3. The van der Waals surface area contributed by atoms with Crippen LogP contribution in [0.1, 0.15) is 21.7 Å². The first-order valence-corrected chi connectivity index (χ1v) is 11.3. The Morgan fingerprint density at radius 1 is 1.15 bits per heavy atom. The van der Waals surface area contributed by atoms with Gasteiger partial charge in [-0.2, -0.15) is 18.2 Å². The Morgan fingerprint density at radius 2 is 1.88 bits per heavy atom. The van der Waals surface area contributed by atoms with Crippen LogP contribution in [0.25, 0.3) is 11.2 Å². The van der Waals surface area contributed by atoms with E-state index in [0.717, 1.165) is 25.4 Å². The van der Waals surface area contributed by atoms with E-state index in [1.165, 1.54) is 24.7 Å². The van der Waals surface area contributed by atoms with Crippen LogP contribution in [0.3, 0.4) is 0 Å². The molecular weight excluding hydrogens is 539 g/mol. The highest BCUT2D eigenvalue weighted by Gasteiger charge is 2.43. The second-order valence-electron chi connectivity index (χ2n) is 8.25. The molecule has 0 spiro atoms. The number of alkyl halides is 3. The lowest BCUT2D eigenvalue weighted by atomic mass is 10.1. The van der Waals surface area contributed by atoms with Gasteiger partial charge in [-0.05, 0) is 24.3 Å². The molecule has 0 aliphatic rings. The molecule has 17 heteroatoms. The van der Waals surface area contributed by atoms with Crippen molar-refractivity contribution in [3.05, 3.63) is 70.3 Å². The number of nitrogen functional groups attached to an aromatic ring is 1. The topological polar surface area (TPSA) is 202 Å². The third-order valence-electron chi connectivity index (χ3n) is 5.50. The van der Waals surface area contributed by atoms with Crippen molar-refractivity contribution in [2.45, 2.75) is 25.2 Å². The molecular formula is C23H20F3N9O5. The number of ether oxygens (including phenoxy) is 1. The standard InChI is InChI=1S/C23H20F3N9O5/c1-40-20(38)15(6-12-7-28-10-30-12)32-18(36)11-2-4-14(5-3-11)35(21(39)23(24,25)26)9-13-8-29-17-16(31-13)19(37)34-22(27)33-17/h2-5,7-8,10,15H,6,9H2,1H3,(H,28,30)(H,32,36)(H3,27,29,33,34,37)/t15-/m0/s1. The van der Waals surface area contributed by atoms with Gasteiger partial charge in [-0.1, -0.05) is 0 Å². The molecule has 0 radical (unpaired) electrons. The summed E-state index contributed by atoms with van der Waals surface area (Å²) in [5.74, 6) is -3.89. The average Bonchev–Trinajstić information content (AvgIpc) is 3.43. The minimum Gasteiger partial charge on any atom is -0.467 e. The van der Waals surface area contributed by atoms with Gasteiger partial charge in [0.05, 0.1) is 31.9 Å². The number of H-pyrrole nitrogens is 2. The largest absolute Gasteiger partial charge is 0.471 e. The van der Waals surface area contributed by atoms with Crippen LogP contribution in [0.2, 0.25) is 0 Å². The molecule has 3 aromatic heterocycles. The number of amides is 2. The number of imidazole rings is 1. The Labute approximate surface area is 221 Å². The molecule has 3 heterocycles. The van der Waals surface area contributed by atoms with E-state index in [9.17, 15) is 32.3 Å². The molecule has 208 valence electrons. The fourth-order valence-electron chi connectivity index (χ4n) is 3.63. The number of halogens is 3. The highest BCUT2D eigenvalue weighted by atomic mass is 19.4. The Morgan fingerprint density at radius 3 is 2.50 bits per heavy atom. The number of rotatable bonds is 8. The van der Waals surface area contributed by atoms with Crippen molar-refractivity contribution in [1.82, 2.24) is 35.2 Å². The van der Waals surface area contributed by atoms with Gasteiger partial charge in [-0.25, -0.2) is 19.7 Å². The number of fused-ring (bicyclic) bond motifs is 1. The summed E-state index contributed by atoms with van der Waals surface area (Å²) in [5.41, 5.74) is 4.43. The number of hydrogen-bond donors (Lipinski definition) is 4. The van der Waals surface area contributed by atoms with Crippen molar-refractivity contribution in [2.24, 2.45) is 0 Å². The Kier molecular flexibility index (Phi) is 7.73. The quantitative estimate of drug-likeness (QED) is 0.222. The Bertz CT molecular complexity index is 1610. The molecule has 0 saturated carbocycles. The fourth-order valence-corrected chi connectivity index (χ4v) is 3.63.